The highest BCUT2D eigenvalue weighted by molar-refractivity contribution is 5.35. The van der Waals surface area contributed by atoms with E-state index in [4.69, 9.17) is 14.2 Å². The summed E-state index contributed by atoms with van der Waals surface area (Å²) in [5, 5.41) is 0. The first-order valence-electron chi connectivity index (χ1n) is 16.0. The fraction of sp³-hybridized carbons (Fsp3) is 0.765. The molecule has 4 fully saturated rings. The van der Waals surface area contributed by atoms with Crippen LogP contribution in [0.15, 0.2) is 24.8 Å². The monoisotopic (exact) mass is 544 g/mol. The summed E-state index contributed by atoms with van der Waals surface area (Å²) in [7, 11) is 0. The Labute approximate surface area is 235 Å². The Kier molecular flexibility index (Phi) is 10.2. The molecule has 0 aromatic heterocycles. The van der Waals surface area contributed by atoms with Crippen molar-refractivity contribution in [3.63, 3.8) is 0 Å². The number of hydrogen-bond acceptors (Lipinski definition) is 3. The Hall–Kier alpha value is -1.62. The Morgan fingerprint density at radius 2 is 1.13 bits per heavy atom. The van der Waals surface area contributed by atoms with Crippen LogP contribution in [0.1, 0.15) is 96.8 Å². The van der Waals surface area contributed by atoms with Crippen molar-refractivity contribution in [2.75, 3.05) is 19.8 Å². The van der Waals surface area contributed by atoms with E-state index in [0.29, 0.717) is 19.1 Å². The van der Waals surface area contributed by atoms with Crippen molar-refractivity contribution in [2.24, 2.45) is 41.4 Å². The van der Waals surface area contributed by atoms with Gasteiger partial charge in [-0.1, -0.05) is 6.08 Å². The van der Waals surface area contributed by atoms with E-state index in [2.05, 4.69) is 6.58 Å². The molecule has 3 aliphatic carbocycles. The van der Waals surface area contributed by atoms with Crippen LogP contribution in [0.4, 0.5) is 8.78 Å². The quantitative estimate of drug-likeness (QED) is 0.290. The minimum Gasteiger partial charge on any atom is -0.491 e. The summed E-state index contributed by atoms with van der Waals surface area (Å²) in [4.78, 5) is 0. The molecule has 1 saturated heterocycles. The molecular formula is C34H50F2O3. The third kappa shape index (κ3) is 7.18. The first kappa shape index (κ1) is 28.9. The number of halogens is 2. The third-order valence-corrected chi connectivity index (χ3v) is 10.9. The minimum absolute atomic E-state index is 0.00107. The van der Waals surface area contributed by atoms with Crippen molar-refractivity contribution >= 4 is 0 Å². The molecule has 5 heteroatoms. The van der Waals surface area contributed by atoms with Gasteiger partial charge in [0.05, 0.1) is 25.9 Å². The molecule has 4 aliphatic rings. The SMILES string of the molecule is C=CC1CCC(C2CCC(C3CCC(C4CCC(COc5ccc(OCC)c(F)c5F)CC4)CC3)CC2)CO1. The zero-order valence-corrected chi connectivity index (χ0v) is 24.1. The van der Waals surface area contributed by atoms with Crippen LogP contribution in [0, 0.1) is 53.1 Å². The van der Waals surface area contributed by atoms with Crippen molar-refractivity contribution in [3.8, 4) is 11.5 Å². The van der Waals surface area contributed by atoms with Gasteiger partial charge in [-0.25, -0.2) is 0 Å². The number of rotatable bonds is 9. The molecule has 0 spiro atoms. The highest BCUT2D eigenvalue weighted by atomic mass is 19.2. The maximum absolute atomic E-state index is 14.4. The number of hydrogen-bond donors (Lipinski definition) is 0. The van der Waals surface area contributed by atoms with Gasteiger partial charge in [0.1, 0.15) is 0 Å². The standard InChI is InChI=1S/C34H50F2O3/c1-3-30-18-17-29(22-38-30)28-15-13-27(14-16-28)26-11-9-25(10-12-26)24-7-5-23(6-8-24)21-39-32-20-19-31(37-4-2)33(35)34(32)36/h3,19-20,23-30H,1,4-18,21-22H2,2H3. The Morgan fingerprint density at radius 1 is 0.692 bits per heavy atom. The van der Waals surface area contributed by atoms with Gasteiger partial charge in [-0.2, -0.15) is 8.78 Å². The van der Waals surface area contributed by atoms with Crippen molar-refractivity contribution in [1.29, 1.82) is 0 Å². The van der Waals surface area contributed by atoms with Gasteiger partial charge >= 0.3 is 0 Å². The second-order valence-corrected chi connectivity index (χ2v) is 13.0. The molecule has 1 aliphatic heterocycles. The van der Waals surface area contributed by atoms with E-state index in [0.717, 1.165) is 61.4 Å². The Balaban J connectivity index is 0.987. The molecule has 2 atom stereocenters. The molecule has 218 valence electrons. The summed E-state index contributed by atoms with van der Waals surface area (Å²) in [6.07, 6.45) is 20.9. The summed E-state index contributed by atoms with van der Waals surface area (Å²) in [6, 6.07) is 2.95. The summed E-state index contributed by atoms with van der Waals surface area (Å²) in [5.41, 5.74) is 0. The van der Waals surface area contributed by atoms with E-state index < -0.39 is 11.6 Å². The lowest BCUT2D eigenvalue weighted by Crippen LogP contribution is -2.34. The average molecular weight is 545 g/mol. The molecule has 1 aromatic rings. The second-order valence-electron chi connectivity index (χ2n) is 13.0. The second kappa shape index (κ2) is 13.8. The van der Waals surface area contributed by atoms with E-state index in [1.807, 2.05) is 6.08 Å². The lowest BCUT2D eigenvalue weighted by atomic mass is 9.64. The lowest BCUT2D eigenvalue weighted by Gasteiger charge is -2.43. The van der Waals surface area contributed by atoms with Crippen LogP contribution in [-0.2, 0) is 4.74 Å². The van der Waals surface area contributed by atoms with Crippen LogP contribution in [0.2, 0.25) is 0 Å². The number of benzene rings is 1. The fourth-order valence-corrected chi connectivity index (χ4v) is 8.45. The molecule has 5 rings (SSSR count). The maximum atomic E-state index is 14.4. The van der Waals surface area contributed by atoms with Gasteiger partial charge in [-0.3, -0.25) is 0 Å². The van der Waals surface area contributed by atoms with Crippen LogP contribution >= 0.6 is 0 Å². The smallest absolute Gasteiger partial charge is 0.204 e. The first-order chi connectivity index (χ1) is 19.1. The molecule has 0 bridgehead atoms. The highest BCUT2D eigenvalue weighted by Crippen LogP contribution is 2.47. The van der Waals surface area contributed by atoms with E-state index in [9.17, 15) is 8.78 Å². The highest BCUT2D eigenvalue weighted by Gasteiger charge is 2.36. The largest absolute Gasteiger partial charge is 0.491 e. The van der Waals surface area contributed by atoms with Crippen LogP contribution < -0.4 is 9.47 Å². The number of ether oxygens (including phenoxy) is 3. The van der Waals surface area contributed by atoms with E-state index in [-0.39, 0.29) is 17.6 Å². The molecule has 0 N–H and O–H groups in total. The van der Waals surface area contributed by atoms with Gasteiger partial charge in [-0.05, 0) is 150 Å². The van der Waals surface area contributed by atoms with Crippen molar-refractivity contribution in [1.82, 2.24) is 0 Å². The van der Waals surface area contributed by atoms with Crippen molar-refractivity contribution in [2.45, 2.75) is 103 Å². The van der Waals surface area contributed by atoms with E-state index in [1.54, 1.807) is 6.92 Å². The zero-order chi connectivity index (χ0) is 27.2. The first-order valence-corrected chi connectivity index (χ1v) is 16.0. The predicted octanol–water partition coefficient (Wildman–Crippen LogP) is 9.14. The molecule has 2 unspecified atom stereocenters. The third-order valence-electron chi connectivity index (χ3n) is 10.9. The average Bonchev–Trinajstić information content (AvgIpc) is 3.00. The predicted molar refractivity (Wildman–Crippen MR) is 152 cm³/mol. The van der Waals surface area contributed by atoms with Gasteiger partial charge in [0.15, 0.2) is 11.5 Å². The van der Waals surface area contributed by atoms with Gasteiger partial charge < -0.3 is 14.2 Å². The summed E-state index contributed by atoms with van der Waals surface area (Å²) in [5.74, 6) is 3.76. The van der Waals surface area contributed by atoms with Crippen LogP contribution in [0.25, 0.3) is 0 Å². The molecule has 1 aromatic carbocycles. The summed E-state index contributed by atoms with van der Waals surface area (Å²) < 4.78 is 45.4. The topological polar surface area (TPSA) is 27.7 Å². The molecule has 0 amide bonds. The molecule has 3 saturated carbocycles. The molecule has 1 heterocycles. The zero-order valence-electron chi connectivity index (χ0n) is 24.1. The van der Waals surface area contributed by atoms with Crippen LogP contribution in [0.3, 0.4) is 0 Å². The van der Waals surface area contributed by atoms with Crippen LogP contribution in [0.5, 0.6) is 11.5 Å². The van der Waals surface area contributed by atoms with Crippen LogP contribution in [-0.4, -0.2) is 25.9 Å². The fourth-order valence-electron chi connectivity index (χ4n) is 8.45. The molecule has 0 radical (unpaired) electrons. The molecule has 39 heavy (non-hydrogen) atoms. The normalized spacial score (nSPS) is 35.8. The molecular weight excluding hydrogens is 494 g/mol. The van der Waals surface area contributed by atoms with Gasteiger partial charge in [0.2, 0.25) is 11.6 Å². The van der Waals surface area contributed by atoms with Gasteiger partial charge in [0.25, 0.3) is 0 Å². The summed E-state index contributed by atoms with van der Waals surface area (Å²) >= 11 is 0. The minimum atomic E-state index is -0.956. The van der Waals surface area contributed by atoms with E-state index in [1.165, 1.54) is 82.8 Å². The maximum Gasteiger partial charge on any atom is 0.204 e. The van der Waals surface area contributed by atoms with E-state index >= 15 is 0 Å². The Bertz CT molecular complexity index is 903. The van der Waals surface area contributed by atoms with Gasteiger partial charge in [-0.15, -0.1) is 6.58 Å². The van der Waals surface area contributed by atoms with Crippen molar-refractivity contribution in [3.05, 3.63) is 36.4 Å². The lowest BCUT2D eigenvalue weighted by molar-refractivity contribution is -0.0194. The van der Waals surface area contributed by atoms with Gasteiger partial charge in [0, 0.05) is 0 Å². The summed E-state index contributed by atoms with van der Waals surface area (Å²) in [6.45, 7) is 7.36. The molecule has 3 nitrogen and oxygen atoms in total. The van der Waals surface area contributed by atoms with Crippen molar-refractivity contribution < 1.29 is 23.0 Å². The Morgan fingerprint density at radius 3 is 1.56 bits per heavy atom.